The second-order valence-corrected chi connectivity index (χ2v) is 10.2. The zero-order valence-corrected chi connectivity index (χ0v) is 19.3. The average Bonchev–Trinajstić information content (AvgIpc) is 3.29. The monoisotopic (exact) mass is 470 g/mol. The second-order valence-electron chi connectivity index (χ2n) is 6.74. The van der Waals surface area contributed by atoms with Crippen molar-refractivity contribution >= 4 is 49.8 Å². The van der Waals surface area contributed by atoms with Crippen LogP contribution in [0.1, 0.15) is 51.4 Å². The summed E-state index contributed by atoms with van der Waals surface area (Å²) in [6.07, 6.45) is 2.58. The molecule has 1 amide bonds. The zero-order chi connectivity index (χ0) is 22.1. The normalized spacial score (nSPS) is 13.4. The first kappa shape index (κ1) is 22.7. The third-order valence-corrected chi connectivity index (χ3v) is 8.79. The van der Waals surface area contributed by atoms with Crippen LogP contribution in [0.15, 0.2) is 23.1 Å². The quantitative estimate of drug-likeness (QED) is 0.618. The molecule has 162 valence electrons. The molecule has 0 bridgehead atoms. The predicted octanol–water partition coefficient (Wildman–Crippen LogP) is 3.96. The van der Waals surface area contributed by atoms with Crippen molar-refractivity contribution in [2.45, 2.75) is 38.0 Å². The van der Waals surface area contributed by atoms with Crippen molar-refractivity contribution in [1.29, 1.82) is 0 Å². The summed E-state index contributed by atoms with van der Waals surface area (Å²) < 4.78 is 31.9. The summed E-state index contributed by atoms with van der Waals surface area (Å²) >= 11 is 7.50. The van der Waals surface area contributed by atoms with Gasteiger partial charge >= 0.3 is 5.97 Å². The Kier molecular flexibility index (Phi) is 6.86. The van der Waals surface area contributed by atoms with Crippen LogP contribution >= 0.6 is 22.9 Å². The van der Waals surface area contributed by atoms with Gasteiger partial charge in [-0.05, 0) is 43.0 Å². The first-order chi connectivity index (χ1) is 14.2. The minimum Gasteiger partial charge on any atom is -0.465 e. The number of anilines is 1. The van der Waals surface area contributed by atoms with Crippen LogP contribution in [0.25, 0.3) is 0 Å². The van der Waals surface area contributed by atoms with Crippen LogP contribution in [0.2, 0.25) is 5.02 Å². The number of ether oxygens (including phenoxy) is 1. The van der Waals surface area contributed by atoms with Gasteiger partial charge in [0.05, 0.1) is 17.7 Å². The second kappa shape index (κ2) is 9.05. The third-order valence-electron chi connectivity index (χ3n) is 5.05. The van der Waals surface area contributed by atoms with Gasteiger partial charge in [-0.15, -0.1) is 11.3 Å². The lowest BCUT2D eigenvalue weighted by molar-refractivity contribution is 0.0601. The molecule has 1 N–H and O–H groups in total. The van der Waals surface area contributed by atoms with Gasteiger partial charge in [-0.2, -0.15) is 4.31 Å². The van der Waals surface area contributed by atoms with Gasteiger partial charge < -0.3 is 10.1 Å². The molecule has 2 aromatic rings. The highest BCUT2D eigenvalue weighted by Gasteiger charge is 2.29. The molecule has 0 spiro atoms. The van der Waals surface area contributed by atoms with E-state index in [2.05, 4.69) is 5.32 Å². The van der Waals surface area contributed by atoms with Crippen LogP contribution in [0.3, 0.4) is 0 Å². The van der Waals surface area contributed by atoms with E-state index in [1.165, 1.54) is 41.0 Å². The van der Waals surface area contributed by atoms with Gasteiger partial charge in [-0.25, -0.2) is 13.2 Å². The van der Waals surface area contributed by atoms with Crippen molar-refractivity contribution in [3.05, 3.63) is 44.8 Å². The number of benzene rings is 1. The van der Waals surface area contributed by atoms with Gasteiger partial charge in [0.2, 0.25) is 10.0 Å². The molecular formula is C20H23ClN2O5S2. The molecule has 0 fully saturated rings. The highest BCUT2D eigenvalue weighted by molar-refractivity contribution is 7.89. The fourth-order valence-corrected chi connectivity index (χ4v) is 6.76. The van der Waals surface area contributed by atoms with E-state index < -0.39 is 21.9 Å². The van der Waals surface area contributed by atoms with Crippen molar-refractivity contribution in [3.8, 4) is 0 Å². The number of methoxy groups -OCH3 is 1. The Morgan fingerprint density at radius 3 is 2.57 bits per heavy atom. The topological polar surface area (TPSA) is 92.8 Å². The number of hydrogen-bond acceptors (Lipinski definition) is 6. The molecule has 0 radical (unpaired) electrons. The van der Waals surface area contributed by atoms with E-state index >= 15 is 0 Å². The van der Waals surface area contributed by atoms with Crippen LogP contribution in [-0.2, 0) is 27.6 Å². The molecule has 1 aromatic carbocycles. The summed E-state index contributed by atoms with van der Waals surface area (Å²) in [5, 5.41) is 3.22. The molecule has 0 saturated heterocycles. The Morgan fingerprint density at radius 1 is 1.23 bits per heavy atom. The van der Waals surface area contributed by atoms with Crippen molar-refractivity contribution in [1.82, 2.24) is 4.31 Å². The Balaban J connectivity index is 1.96. The molecule has 7 nitrogen and oxygen atoms in total. The molecule has 0 aliphatic heterocycles. The van der Waals surface area contributed by atoms with Gasteiger partial charge in [-0.1, -0.05) is 25.4 Å². The number of esters is 1. The molecule has 1 heterocycles. The molecule has 1 aromatic heterocycles. The van der Waals surface area contributed by atoms with E-state index in [0.717, 1.165) is 29.7 Å². The number of nitrogens with zero attached hydrogens (tertiary/aromatic N) is 1. The molecule has 10 heteroatoms. The van der Waals surface area contributed by atoms with Gasteiger partial charge in [0.25, 0.3) is 5.91 Å². The average molecular weight is 471 g/mol. The van der Waals surface area contributed by atoms with Crippen LogP contribution in [0.5, 0.6) is 0 Å². The predicted molar refractivity (Wildman–Crippen MR) is 117 cm³/mol. The number of aryl methyl sites for hydroxylation is 1. The fraction of sp³-hybridized carbons (Fsp3) is 0.400. The van der Waals surface area contributed by atoms with Crippen LogP contribution in [0.4, 0.5) is 5.00 Å². The van der Waals surface area contributed by atoms with Gasteiger partial charge in [0.1, 0.15) is 9.90 Å². The maximum atomic E-state index is 12.9. The Bertz CT molecular complexity index is 1090. The third kappa shape index (κ3) is 4.12. The summed E-state index contributed by atoms with van der Waals surface area (Å²) in [5.74, 6) is -1.02. The van der Waals surface area contributed by atoms with E-state index in [4.69, 9.17) is 16.3 Å². The Hall–Kier alpha value is -1.94. The largest absolute Gasteiger partial charge is 0.465 e. The number of rotatable bonds is 7. The molecule has 1 aliphatic carbocycles. The van der Waals surface area contributed by atoms with Gasteiger partial charge in [0.15, 0.2) is 0 Å². The minimum absolute atomic E-state index is 0.0452. The number of fused-ring (bicyclic) bond motifs is 1. The van der Waals surface area contributed by atoms with Crippen molar-refractivity contribution in [2.75, 3.05) is 25.5 Å². The molecule has 1 aliphatic rings. The molecular weight excluding hydrogens is 448 g/mol. The highest BCUT2D eigenvalue weighted by Crippen LogP contribution is 2.39. The SMILES string of the molecule is CCN(CC)S(=O)(=O)c1cc(C(=O)Nc2sc3c(c2C(=O)OC)CCC3)ccc1Cl. The Morgan fingerprint density at radius 2 is 1.93 bits per heavy atom. The zero-order valence-electron chi connectivity index (χ0n) is 17.0. The summed E-state index contributed by atoms with van der Waals surface area (Å²) in [6, 6.07) is 4.12. The minimum atomic E-state index is -3.83. The lowest BCUT2D eigenvalue weighted by Gasteiger charge is -2.19. The number of amides is 1. The van der Waals surface area contributed by atoms with Crippen molar-refractivity contribution in [2.24, 2.45) is 0 Å². The van der Waals surface area contributed by atoms with Gasteiger partial charge in [0, 0.05) is 23.5 Å². The van der Waals surface area contributed by atoms with E-state index in [9.17, 15) is 18.0 Å². The maximum Gasteiger partial charge on any atom is 0.341 e. The first-order valence-electron chi connectivity index (χ1n) is 9.58. The van der Waals surface area contributed by atoms with Crippen LogP contribution in [0, 0.1) is 0 Å². The number of sulfonamides is 1. The maximum absolute atomic E-state index is 12.9. The number of halogens is 1. The highest BCUT2D eigenvalue weighted by atomic mass is 35.5. The van der Waals surface area contributed by atoms with Crippen molar-refractivity contribution in [3.63, 3.8) is 0 Å². The molecule has 0 atom stereocenters. The van der Waals surface area contributed by atoms with E-state index in [0.29, 0.717) is 10.6 Å². The van der Waals surface area contributed by atoms with E-state index in [1.807, 2.05) is 0 Å². The Labute approximate surface area is 185 Å². The lowest BCUT2D eigenvalue weighted by Crippen LogP contribution is -2.31. The molecule has 30 heavy (non-hydrogen) atoms. The lowest BCUT2D eigenvalue weighted by atomic mass is 10.1. The number of carbonyl (C=O) groups is 2. The van der Waals surface area contributed by atoms with Crippen molar-refractivity contribution < 1.29 is 22.7 Å². The number of nitrogens with one attached hydrogen (secondary N) is 1. The standard InChI is InChI=1S/C20H23ClN2O5S2/c1-4-23(5-2)30(26,27)16-11-12(9-10-14(16)21)18(24)22-19-17(20(25)28-3)13-7-6-8-15(13)29-19/h9-11H,4-8H2,1-3H3,(H,22,24). The van der Waals surface area contributed by atoms with Gasteiger partial charge in [-0.3, -0.25) is 4.79 Å². The number of thiophene rings is 1. The fourth-order valence-electron chi connectivity index (χ4n) is 3.53. The molecule has 3 rings (SSSR count). The van der Waals surface area contributed by atoms with E-state index in [1.54, 1.807) is 13.8 Å². The molecule has 0 unspecified atom stereocenters. The summed E-state index contributed by atoms with van der Waals surface area (Å²) in [4.78, 5) is 26.1. The number of carbonyl (C=O) groups excluding carboxylic acids is 2. The first-order valence-corrected chi connectivity index (χ1v) is 12.2. The van der Waals surface area contributed by atoms with Crippen LogP contribution < -0.4 is 5.32 Å². The number of hydrogen-bond donors (Lipinski definition) is 1. The van der Waals surface area contributed by atoms with E-state index in [-0.39, 0.29) is 28.6 Å². The summed E-state index contributed by atoms with van der Waals surface area (Å²) in [6.45, 7) is 4.04. The summed E-state index contributed by atoms with van der Waals surface area (Å²) in [5.41, 5.74) is 1.44. The smallest absolute Gasteiger partial charge is 0.341 e. The summed E-state index contributed by atoms with van der Waals surface area (Å²) in [7, 11) is -2.53. The van der Waals surface area contributed by atoms with Crippen LogP contribution in [-0.4, -0.2) is 44.8 Å². The molecule has 0 saturated carbocycles.